The quantitative estimate of drug-likeness (QED) is 0.273. The molecular weight excluding hydrogens is 481 g/mol. The number of hydrogen-bond acceptors (Lipinski definition) is 8. The van der Waals surface area contributed by atoms with Crippen LogP contribution in [0.2, 0.25) is 0 Å². The molecule has 1 aromatic carbocycles. The summed E-state index contributed by atoms with van der Waals surface area (Å²) in [6, 6.07) is 3.02. The van der Waals surface area contributed by atoms with Crippen molar-refractivity contribution in [2.24, 2.45) is 5.73 Å². The number of cyclic esters (lactones) is 1. The molecule has 0 unspecified atom stereocenters. The molecule has 2 aromatic heterocycles. The van der Waals surface area contributed by atoms with Gasteiger partial charge in [0.25, 0.3) is 5.56 Å². The van der Waals surface area contributed by atoms with Crippen molar-refractivity contribution in [3.8, 4) is 11.4 Å². The molecule has 4 heterocycles. The van der Waals surface area contributed by atoms with Crippen LogP contribution in [0.4, 0.5) is 4.39 Å². The normalized spacial score (nSPS) is 23.6. The number of rotatable bonds is 5. The maximum absolute atomic E-state index is 15.0. The molecule has 4 N–H and O–H groups in total. The molecule has 0 saturated heterocycles. The Morgan fingerprint density at radius 3 is 2.78 bits per heavy atom. The predicted octanol–water partition coefficient (Wildman–Crippen LogP) is 1.64. The van der Waals surface area contributed by atoms with Crippen LogP contribution in [0, 0.1) is 12.7 Å². The summed E-state index contributed by atoms with van der Waals surface area (Å²) in [7, 11) is 0. The van der Waals surface area contributed by atoms with Crippen molar-refractivity contribution in [2.45, 2.75) is 57.4 Å². The van der Waals surface area contributed by atoms with Crippen molar-refractivity contribution in [1.29, 1.82) is 0 Å². The van der Waals surface area contributed by atoms with Crippen LogP contribution in [0.3, 0.4) is 0 Å². The molecule has 6 rings (SSSR count). The molecule has 10 heteroatoms. The Balaban J connectivity index is 1.66. The molecule has 0 fully saturated rings. The summed E-state index contributed by atoms with van der Waals surface area (Å²) in [5.41, 5.74) is 8.36. The lowest BCUT2D eigenvalue weighted by molar-refractivity contribution is -0.172. The van der Waals surface area contributed by atoms with E-state index in [0.717, 1.165) is 22.1 Å². The Morgan fingerprint density at radius 2 is 2.05 bits per heavy atom. The molecule has 0 amide bonds. The number of carbonyl (C=O) groups is 1. The van der Waals surface area contributed by atoms with Gasteiger partial charge in [-0.15, -0.1) is 0 Å². The van der Waals surface area contributed by atoms with E-state index < -0.39 is 17.1 Å². The van der Waals surface area contributed by atoms with Crippen LogP contribution in [0.25, 0.3) is 22.3 Å². The second-order valence-corrected chi connectivity index (χ2v) is 10.2. The van der Waals surface area contributed by atoms with Crippen molar-refractivity contribution in [3.05, 3.63) is 61.7 Å². The highest BCUT2D eigenvalue weighted by Gasteiger charge is 2.46. The van der Waals surface area contributed by atoms with E-state index in [1.165, 1.54) is 6.07 Å². The summed E-state index contributed by atoms with van der Waals surface area (Å²) < 4.78 is 27.4. The van der Waals surface area contributed by atoms with Crippen molar-refractivity contribution >= 4 is 16.9 Å². The van der Waals surface area contributed by atoms with Crippen LogP contribution < -0.4 is 11.3 Å². The lowest BCUT2D eigenvalue weighted by atomic mass is 9.74. The van der Waals surface area contributed by atoms with Gasteiger partial charge in [0.2, 0.25) is 0 Å². The molecular formula is C27H28FN3O6. The average Bonchev–Trinajstić information content (AvgIpc) is 3.24. The average molecular weight is 510 g/mol. The van der Waals surface area contributed by atoms with Crippen LogP contribution in [0.15, 0.2) is 16.9 Å². The third kappa shape index (κ3) is 3.19. The summed E-state index contributed by atoms with van der Waals surface area (Å²) in [5, 5.41) is 21.2. The number of benzene rings is 1. The van der Waals surface area contributed by atoms with Crippen molar-refractivity contribution < 1.29 is 28.9 Å². The molecule has 0 bridgehead atoms. The number of aryl methyl sites for hydroxylation is 1. The summed E-state index contributed by atoms with van der Waals surface area (Å²) in [6.45, 7) is 3.46. The van der Waals surface area contributed by atoms with Gasteiger partial charge in [-0.3, -0.25) is 4.79 Å². The van der Waals surface area contributed by atoms with E-state index in [1.807, 2.05) is 0 Å². The molecule has 2 atom stereocenters. The molecule has 194 valence electrons. The van der Waals surface area contributed by atoms with Gasteiger partial charge in [0.1, 0.15) is 12.4 Å². The van der Waals surface area contributed by atoms with Gasteiger partial charge in [-0.05, 0) is 48.9 Å². The number of nitrogens with zero attached hydrogens (tertiary/aromatic N) is 2. The fourth-order valence-corrected chi connectivity index (χ4v) is 6.19. The summed E-state index contributed by atoms with van der Waals surface area (Å²) in [6.07, 6.45) is 1.06. The molecule has 3 aliphatic rings. The molecule has 0 saturated carbocycles. The number of aromatic nitrogens is 2. The number of hydrogen-bond donors (Lipinski definition) is 3. The monoisotopic (exact) mass is 509 g/mol. The first-order valence-electron chi connectivity index (χ1n) is 12.4. The van der Waals surface area contributed by atoms with E-state index in [-0.39, 0.29) is 61.9 Å². The van der Waals surface area contributed by atoms with Gasteiger partial charge < -0.3 is 30.0 Å². The van der Waals surface area contributed by atoms with Crippen LogP contribution >= 0.6 is 0 Å². The van der Waals surface area contributed by atoms with Crippen molar-refractivity contribution in [2.75, 3.05) is 19.8 Å². The third-order valence-electron chi connectivity index (χ3n) is 8.22. The van der Waals surface area contributed by atoms with E-state index in [4.69, 9.17) is 20.2 Å². The summed E-state index contributed by atoms with van der Waals surface area (Å²) in [4.78, 5) is 30.9. The van der Waals surface area contributed by atoms with Gasteiger partial charge >= 0.3 is 5.97 Å². The Morgan fingerprint density at radius 1 is 1.27 bits per heavy atom. The predicted molar refractivity (Wildman–Crippen MR) is 131 cm³/mol. The van der Waals surface area contributed by atoms with Crippen molar-refractivity contribution in [3.63, 3.8) is 0 Å². The van der Waals surface area contributed by atoms with Gasteiger partial charge in [0, 0.05) is 22.6 Å². The first kappa shape index (κ1) is 24.2. The van der Waals surface area contributed by atoms with Crippen LogP contribution in [0.5, 0.6) is 0 Å². The maximum Gasteiger partial charge on any atom is 0.343 e. The highest BCUT2D eigenvalue weighted by Crippen LogP contribution is 2.47. The largest absolute Gasteiger partial charge is 0.458 e. The maximum atomic E-state index is 15.0. The van der Waals surface area contributed by atoms with E-state index in [9.17, 15) is 24.2 Å². The van der Waals surface area contributed by atoms with Gasteiger partial charge in [-0.1, -0.05) is 6.92 Å². The molecule has 9 nitrogen and oxygen atoms in total. The van der Waals surface area contributed by atoms with E-state index in [0.29, 0.717) is 35.3 Å². The fourth-order valence-electron chi connectivity index (χ4n) is 6.19. The van der Waals surface area contributed by atoms with Crippen molar-refractivity contribution in [1.82, 2.24) is 9.55 Å². The van der Waals surface area contributed by atoms with Gasteiger partial charge in [0.15, 0.2) is 5.60 Å². The Bertz CT molecular complexity index is 1570. The Kier molecular flexibility index (Phi) is 5.33. The lowest BCUT2D eigenvalue weighted by Gasteiger charge is -2.37. The smallest absolute Gasteiger partial charge is 0.343 e. The van der Waals surface area contributed by atoms with E-state index in [2.05, 4.69) is 0 Å². The standard InChI is InChI=1S/C27H28FN3O6/c1-3-27(35)17-8-20-23-15(10-31(20)24(33)16(17)11-37-25(27)34)22-21-14(13(2)18(28)9-19(21)30-23)4-5-26(22,29)12-36-7-6-32/h8-9,32,35H,3-7,10-12,29H2,1-2H3/t26-,27-/m0/s1. The first-order valence-corrected chi connectivity index (χ1v) is 12.4. The lowest BCUT2D eigenvalue weighted by Crippen LogP contribution is -2.45. The number of aliphatic hydroxyl groups excluding tert-OH is 1. The zero-order chi connectivity index (χ0) is 26.3. The highest BCUT2D eigenvalue weighted by molar-refractivity contribution is 5.93. The third-order valence-corrected chi connectivity index (χ3v) is 8.22. The van der Waals surface area contributed by atoms with Gasteiger partial charge in [-0.2, -0.15) is 0 Å². The Hall–Kier alpha value is -3.18. The fraction of sp³-hybridized carbons (Fsp3) is 0.444. The van der Waals surface area contributed by atoms with Gasteiger partial charge in [-0.25, -0.2) is 14.2 Å². The number of nitrogens with two attached hydrogens (primary N) is 1. The minimum atomic E-state index is -1.94. The molecule has 37 heavy (non-hydrogen) atoms. The molecule has 2 aliphatic heterocycles. The zero-order valence-corrected chi connectivity index (χ0v) is 20.7. The minimum Gasteiger partial charge on any atom is -0.458 e. The first-order chi connectivity index (χ1) is 17.6. The molecule has 0 radical (unpaired) electrons. The topological polar surface area (TPSA) is 137 Å². The number of aliphatic hydroxyl groups is 2. The summed E-state index contributed by atoms with van der Waals surface area (Å²) >= 11 is 0. The number of esters is 1. The minimum absolute atomic E-state index is 0.0347. The molecule has 3 aromatic rings. The van der Waals surface area contributed by atoms with Crippen LogP contribution in [0.1, 0.15) is 53.1 Å². The number of carbonyl (C=O) groups excluding carboxylic acids is 1. The number of pyridine rings is 2. The molecule has 1 aliphatic carbocycles. The van der Waals surface area contributed by atoms with Crippen LogP contribution in [-0.2, 0) is 45.0 Å². The molecule has 0 spiro atoms. The van der Waals surface area contributed by atoms with E-state index in [1.54, 1.807) is 24.5 Å². The van der Waals surface area contributed by atoms with E-state index >= 15 is 0 Å². The SMILES string of the molecule is CC[C@@]1(O)C(=O)OCc2c1cc1n(c2=O)Cc2c-1nc1cc(F)c(C)c3c1c2[C@@](N)(COCCO)CC3. The number of halogens is 1. The zero-order valence-electron chi connectivity index (χ0n) is 20.7. The Labute approximate surface area is 211 Å². The summed E-state index contributed by atoms with van der Waals surface area (Å²) in [5.74, 6) is -1.17. The second kappa shape index (κ2) is 8.16. The number of ether oxygens (including phenoxy) is 2. The highest BCUT2D eigenvalue weighted by atomic mass is 19.1. The van der Waals surface area contributed by atoms with Gasteiger partial charge in [0.05, 0.1) is 54.4 Å². The number of fused-ring (bicyclic) bond motifs is 5. The van der Waals surface area contributed by atoms with Crippen LogP contribution in [-0.4, -0.2) is 45.6 Å². The second-order valence-electron chi connectivity index (χ2n) is 10.2.